The number of rotatable bonds is 6. The minimum absolute atomic E-state index is 0.634. The maximum Gasteiger partial charge on any atom is 0.165 e. The van der Waals surface area contributed by atoms with Crippen molar-refractivity contribution >= 4 is 11.8 Å². The maximum atomic E-state index is 5.47. The molecule has 1 N–H and O–H groups in total. The first-order chi connectivity index (χ1) is 9.78. The molecule has 1 aliphatic carbocycles. The summed E-state index contributed by atoms with van der Waals surface area (Å²) in [6.45, 7) is 0.842. The third-order valence-corrected chi connectivity index (χ3v) is 5.21. The smallest absolute Gasteiger partial charge is 0.165 e. The first-order valence-corrected chi connectivity index (χ1v) is 8.53. The summed E-state index contributed by atoms with van der Waals surface area (Å²) >= 11 is 2.01. The van der Waals surface area contributed by atoms with Gasteiger partial charge in [0.25, 0.3) is 0 Å². The van der Waals surface area contributed by atoms with Crippen LogP contribution in [0.4, 0.5) is 0 Å². The highest BCUT2D eigenvalue weighted by Gasteiger charge is 2.20. The van der Waals surface area contributed by atoms with Crippen LogP contribution in [0.15, 0.2) is 18.2 Å². The van der Waals surface area contributed by atoms with E-state index in [-0.39, 0.29) is 0 Å². The van der Waals surface area contributed by atoms with Gasteiger partial charge in [0.05, 0.1) is 14.2 Å². The minimum atomic E-state index is 0.634. The molecule has 1 aromatic rings. The minimum Gasteiger partial charge on any atom is -0.493 e. The average Bonchev–Trinajstić information content (AvgIpc) is 2.52. The molecular formula is C16H25NO2S. The Morgan fingerprint density at radius 1 is 1.15 bits per heavy atom. The molecule has 0 atom stereocenters. The fourth-order valence-electron chi connectivity index (χ4n) is 2.85. The van der Waals surface area contributed by atoms with Crippen LogP contribution in [0.2, 0.25) is 0 Å². The van der Waals surface area contributed by atoms with Gasteiger partial charge in [0.1, 0.15) is 0 Å². The summed E-state index contributed by atoms with van der Waals surface area (Å²) in [5.41, 5.74) is 1.17. The number of hydrogen-bond acceptors (Lipinski definition) is 4. The Morgan fingerprint density at radius 2 is 1.90 bits per heavy atom. The third kappa shape index (κ3) is 3.83. The molecule has 0 bridgehead atoms. The Bertz CT molecular complexity index is 417. The normalized spacial score (nSPS) is 22.6. The molecule has 0 spiro atoms. The van der Waals surface area contributed by atoms with Gasteiger partial charge >= 0.3 is 0 Å². The van der Waals surface area contributed by atoms with Gasteiger partial charge in [0.2, 0.25) is 0 Å². The van der Waals surface area contributed by atoms with Crippen LogP contribution in [0.25, 0.3) is 0 Å². The van der Waals surface area contributed by atoms with Crippen LogP contribution in [-0.4, -0.2) is 31.8 Å². The van der Waals surface area contributed by atoms with Crippen LogP contribution < -0.4 is 14.8 Å². The molecule has 0 amide bonds. The number of hydrogen-bond donors (Lipinski definition) is 1. The molecular weight excluding hydrogens is 270 g/mol. The molecule has 3 nitrogen and oxygen atoms in total. The van der Waals surface area contributed by atoms with Gasteiger partial charge in [-0.3, -0.25) is 0 Å². The Morgan fingerprint density at radius 3 is 2.50 bits per heavy atom. The van der Waals surface area contributed by atoms with E-state index in [4.69, 9.17) is 9.47 Å². The summed E-state index contributed by atoms with van der Waals surface area (Å²) in [5.74, 6) is 1.65. The van der Waals surface area contributed by atoms with E-state index in [0.29, 0.717) is 6.04 Å². The average molecular weight is 295 g/mol. The Balaban J connectivity index is 1.91. The fourth-order valence-corrected chi connectivity index (χ4v) is 3.59. The number of nitrogens with one attached hydrogen (secondary N) is 1. The molecule has 1 fully saturated rings. The van der Waals surface area contributed by atoms with Gasteiger partial charge in [-0.1, -0.05) is 12.1 Å². The molecule has 112 valence electrons. The molecule has 1 aliphatic rings. The highest BCUT2D eigenvalue weighted by Crippen LogP contribution is 2.31. The Labute approximate surface area is 126 Å². The lowest BCUT2D eigenvalue weighted by molar-refractivity contribution is 0.344. The zero-order chi connectivity index (χ0) is 14.4. The van der Waals surface area contributed by atoms with E-state index >= 15 is 0 Å². The molecule has 2 rings (SSSR count). The van der Waals surface area contributed by atoms with Crippen molar-refractivity contribution in [1.29, 1.82) is 0 Å². The van der Waals surface area contributed by atoms with Gasteiger partial charge < -0.3 is 14.8 Å². The van der Waals surface area contributed by atoms with Crippen LogP contribution >= 0.6 is 11.8 Å². The lowest BCUT2D eigenvalue weighted by Crippen LogP contribution is -2.33. The zero-order valence-corrected chi connectivity index (χ0v) is 13.5. The maximum absolute atomic E-state index is 5.47. The molecule has 0 radical (unpaired) electrons. The van der Waals surface area contributed by atoms with Gasteiger partial charge in [-0.2, -0.15) is 11.8 Å². The zero-order valence-electron chi connectivity index (χ0n) is 12.6. The first kappa shape index (κ1) is 15.5. The Kier molecular flexibility index (Phi) is 6.05. The van der Waals surface area contributed by atoms with Crippen molar-refractivity contribution < 1.29 is 9.47 Å². The predicted molar refractivity (Wildman–Crippen MR) is 85.9 cm³/mol. The highest BCUT2D eigenvalue weighted by molar-refractivity contribution is 7.99. The van der Waals surface area contributed by atoms with Crippen LogP contribution in [0, 0.1) is 0 Å². The quantitative estimate of drug-likeness (QED) is 0.870. The van der Waals surface area contributed by atoms with Crippen LogP contribution in [-0.2, 0) is 6.54 Å². The van der Waals surface area contributed by atoms with E-state index in [1.165, 1.54) is 31.2 Å². The molecule has 4 heteroatoms. The molecule has 0 unspecified atom stereocenters. The van der Waals surface area contributed by atoms with Crippen molar-refractivity contribution in [1.82, 2.24) is 5.32 Å². The lowest BCUT2D eigenvalue weighted by atomic mass is 9.95. The first-order valence-electron chi connectivity index (χ1n) is 7.24. The molecule has 0 aromatic heterocycles. The molecule has 1 aromatic carbocycles. The van der Waals surface area contributed by atoms with E-state index in [0.717, 1.165) is 23.3 Å². The molecule has 0 aliphatic heterocycles. The number of para-hydroxylation sites is 1. The molecule has 0 saturated heterocycles. The second-order valence-corrected chi connectivity index (χ2v) is 6.38. The second kappa shape index (κ2) is 7.79. The van der Waals surface area contributed by atoms with Crippen LogP contribution in [0.3, 0.4) is 0 Å². The van der Waals surface area contributed by atoms with Gasteiger partial charge in [-0.05, 0) is 38.0 Å². The van der Waals surface area contributed by atoms with E-state index in [1.54, 1.807) is 14.2 Å². The summed E-state index contributed by atoms with van der Waals surface area (Å²) in [6, 6.07) is 6.69. The summed E-state index contributed by atoms with van der Waals surface area (Å²) in [7, 11) is 3.38. The van der Waals surface area contributed by atoms with Crippen molar-refractivity contribution in [3.05, 3.63) is 23.8 Å². The van der Waals surface area contributed by atoms with Gasteiger partial charge in [0.15, 0.2) is 11.5 Å². The van der Waals surface area contributed by atoms with Crippen molar-refractivity contribution in [2.24, 2.45) is 0 Å². The monoisotopic (exact) mass is 295 g/mol. The number of thioether (sulfide) groups is 1. The lowest BCUT2D eigenvalue weighted by Gasteiger charge is -2.28. The fraction of sp³-hybridized carbons (Fsp3) is 0.625. The van der Waals surface area contributed by atoms with Crippen molar-refractivity contribution in [2.45, 2.75) is 43.5 Å². The predicted octanol–water partition coefficient (Wildman–Crippen LogP) is 3.47. The summed E-state index contributed by atoms with van der Waals surface area (Å²) < 4.78 is 10.8. The number of benzene rings is 1. The van der Waals surface area contributed by atoms with Gasteiger partial charge in [-0.25, -0.2) is 0 Å². The van der Waals surface area contributed by atoms with E-state index < -0.39 is 0 Å². The Hall–Kier alpha value is -0.870. The van der Waals surface area contributed by atoms with Gasteiger partial charge in [-0.15, -0.1) is 0 Å². The van der Waals surface area contributed by atoms with Crippen molar-refractivity contribution in [2.75, 3.05) is 20.5 Å². The van der Waals surface area contributed by atoms with Crippen molar-refractivity contribution in [3.63, 3.8) is 0 Å². The molecule has 20 heavy (non-hydrogen) atoms. The molecule has 0 heterocycles. The number of methoxy groups -OCH3 is 2. The number of ether oxygens (including phenoxy) is 2. The third-order valence-electron chi connectivity index (χ3n) is 4.07. The highest BCUT2D eigenvalue weighted by atomic mass is 32.2. The van der Waals surface area contributed by atoms with Gasteiger partial charge in [0, 0.05) is 23.4 Å². The largest absolute Gasteiger partial charge is 0.493 e. The second-order valence-electron chi connectivity index (χ2n) is 5.24. The summed E-state index contributed by atoms with van der Waals surface area (Å²) in [6.07, 6.45) is 7.43. The summed E-state index contributed by atoms with van der Waals surface area (Å²) in [5, 5.41) is 4.52. The topological polar surface area (TPSA) is 30.5 Å². The van der Waals surface area contributed by atoms with E-state index in [9.17, 15) is 0 Å². The summed E-state index contributed by atoms with van der Waals surface area (Å²) in [4.78, 5) is 0. The van der Waals surface area contributed by atoms with Crippen LogP contribution in [0.5, 0.6) is 11.5 Å². The SMILES string of the molecule is COc1cccc(CNC2CCC(SC)CC2)c1OC. The molecule has 1 saturated carbocycles. The van der Waals surface area contributed by atoms with Crippen molar-refractivity contribution in [3.8, 4) is 11.5 Å². The van der Waals surface area contributed by atoms with E-state index in [1.807, 2.05) is 23.9 Å². The van der Waals surface area contributed by atoms with E-state index in [2.05, 4.69) is 17.6 Å². The van der Waals surface area contributed by atoms with Crippen LogP contribution in [0.1, 0.15) is 31.2 Å². The standard InChI is InChI=1S/C16H25NO2S/c1-18-15-6-4-5-12(16(15)19-2)11-17-13-7-9-14(20-3)10-8-13/h4-6,13-14,17H,7-11H2,1-3H3.